The Kier molecular flexibility index (Phi) is 8.45. The van der Waals surface area contributed by atoms with E-state index in [0.717, 1.165) is 5.75 Å². The van der Waals surface area contributed by atoms with Crippen LogP contribution < -0.4 is 10.1 Å². The predicted octanol–water partition coefficient (Wildman–Crippen LogP) is 6.60. The van der Waals surface area contributed by atoms with Crippen LogP contribution in [-0.4, -0.2) is 26.4 Å². The zero-order chi connectivity index (χ0) is 23.3. The second-order valence-electron chi connectivity index (χ2n) is 7.51. The van der Waals surface area contributed by atoms with E-state index in [2.05, 4.69) is 41.5 Å². The van der Waals surface area contributed by atoms with E-state index in [1.807, 2.05) is 30.5 Å². The van der Waals surface area contributed by atoms with E-state index in [-0.39, 0.29) is 17.8 Å². The lowest BCUT2D eigenvalue weighted by molar-refractivity contribution is -0.113. The summed E-state index contributed by atoms with van der Waals surface area (Å²) in [6, 6.07) is 13.2. The van der Waals surface area contributed by atoms with Gasteiger partial charge in [-0.3, -0.25) is 4.79 Å². The fraction of sp³-hybridized carbons (Fsp3) is 0.348. The van der Waals surface area contributed by atoms with Gasteiger partial charge in [0.25, 0.3) is 0 Å². The first-order valence-corrected chi connectivity index (χ1v) is 12.1. The van der Waals surface area contributed by atoms with E-state index >= 15 is 0 Å². The summed E-state index contributed by atoms with van der Waals surface area (Å²) in [5, 5.41) is 12.7. The van der Waals surface area contributed by atoms with Gasteiger partial charge in [0, 0.05) is 6.54 Å². The molecule has 0 saturated carbocycles. The maximum Gasteiger partial charge on any atom is 0.234 e. The Bertz CT molecular complexity index is 1070. The van der Waals surface area contributed by atoms with Crippen molar-refractivity contribution >= 4 is 46.6 Å². The topological polar surface area (TPSA) is 69.0 Å². The molecule has 1 amide bonds. The first-order valence-electron chi connectivity index (χ1n) is 10.4. The van der Waals surface area contributed by atoms with Crippen LogP contribution in [0.4, 0.5) is 5.69 Å². The van der Waals surface area contributed by atoms with Gasteiger partial charge >= 0.3 is 0 Å². The molecule has 1 aromatic heterocycles. The first-order chi connectivity index (χ1) is 15.3. The maximum absolute atomic E-state index is 12.4. The fourth-order valence-corrected chi connectivity index (χ4v) is 4.27. The Morgan fingerprint density at radius 1 is 1.12 bits per heavy atom. The van der Waals surface area contributed by atoms with Crippen molar-refractivity contribution in [2.75, 3.05) is 11.1 Å². The van der Waals surface area contributed by atoms with Crippen molar-refractivity contribution < 1.29 is 9.53 Å². The molecule has 0 saturated heterocycles. The summed E-state index contributed by atoms with van der Waals surface area (Å²) in [6.07, 6.45) is -0.291. The van der Waals surface area contributed by atoms with Gasteiger partial charge in [0.15, 0.2) is 17.1 Å². The number of thioether (sulfide) groups is 1. The Labute approximate surface area is 202 Å². The number of amides is 1. The molecule has 3 aromatic rings. The fourth-order valence-electron chi connectivity index (χ4n) is 3.11. The highest BCUT2D eigenvalue weighted by molar-refractivity contribution is 7.99. The zero-order valence-corrected chi connectivity index (χ0v) is 20.8. The minimum absolute atomic E-state index is 0.160. The van der Waals surface area contributed by atoms with Gasteiger partial charge < -0.3 is 14.6 Å². The lowest BCUT2D eigenvalue weighted by Gasteiger charge is -2.16. The highest BCUT2D eigenvalue weighted by atomic mass is 35.5. The highest BCUT2D eigenvalue weighted by Crippen LogP contribution is 2.30. The average molecular weight is 493 g/mol. The number of ether oxygens (including phenoxy) is 1. The summed E-state index contributed by atoms with van der Waals surface area (Å²) >= 11 is 13.4. The Morgan fingerprint density at radius 2 is 1.84 bits per heavy atom. The number of anilines is 1. The number of benzene rings is 2. The molecule has 170 valence electrons. The number of nitrogens with one attached hydrogen (secondary N) is 1. The summed E-state index contributed by atoms with van der Waals surface area (Å²) in [5.41, 5.74) is 1.74. The van der Waals surface area contributed by atoms with E-state index in [9.17, 15) is 4.79 Å². The zero-order valence-electron chi connectivity index (χ0n) is 18.4. The van der Waals surface area contributed by atoms with Crippen LogP contribution in [0.1, 0.15) is 51.1 Å². The normalized spacial score (nSPS) is 12.1. The third-order valence-corrected chi connectivity index (χ3v) is 6.63. The molecule has 9 heteroatoms. The molecule has 0 aliphatic heterocycles. The maximum atomic E-state index is 12.4. The van der Waals surface area contributed by atoms with E-state index in [4.69, 9.17) is 27.9 Å². The molecular weight excluding hydrogens is 467 g/mol. The van der Waals surface area contributed by atoms with E-state index in [0.29, 0.717) is 39.2 Å². The summed E-state index contributed by atoms with van der Waals surface area (Å²) in [5.74, 6) is 1.91. The van der Waals surface area contributed by atoms with Crippen molar-refractivity contribution in [1.82, 2.24) is 14.8 Å². The SMILES string of the molecule is CCn1c(SCC(=O)Nc2cccc(Cl)c2Cl)nnc1C(C)Oc1ccc(C(C)C)cc1. The van der Waals surface area contributed by atoms with Gasteiger partial charge in [-0.05, 0) is 49.6 Å². The van der Waals surface area contributed by atoms with Gasteiger partial charge in [0.1, 0.15) is 5.75 Å². The molecule has 0 radical (unpaired) electrons. The molecule has 1 atom stereocenters. The van der Waals surface area contributed by atoms with Crippen LogP contribution >= 0.6 is 35.0 Å². The summed E-state index contributed by atoms with van der Waals surface area (Å²) < 4.78 is 8.04. The summed E-state index contributed by atoms with van der Waals surface area (Å²) in [6.45, 7) is 8.92. The third-order valence-electron chi connectivity index (χ3n) is 4.84. The van der Waals surface area contributed by atoms with Crippen LogP contribution in [0.25, 0.3) is 0 Å². The number of hydrogen-bond donors (Lipinski definition) is 1. The number of carbonyl (C=O) groups excluding carboxylic acids is 1. The average Bonchev–Trinajstić information content (AvgIpc) is 3.19. The number of nitrogens with zero attached hydrogens (tertiary/aromatic N) is 3. The summed E-state index contributed by atoms with van der Waals surface area (Å²) in [4.78, 5) is 12.4. The quantitative estimate of drug-likeness (QED) is 0.340. The molecule has 1 unspecified atom stereocenters. The monoisotopic (exact) mass is 492 g/mol. The molecular formula is C23H26Cl2N4O2S. The molecule has 1 heterocycles. The molecule has 3 rings (SSSR count). The molecule has 0 aliphatic carbocycles. The Hall–Kier alpha value is -2.22. The second-order valence-corrected chi connectivity index (χ2v) is 9.23. The van der Waals surface area contributed by atoms with E-state index in [1.165, 1.54) is 17.3 Å². The van der Waals surface area contributed by atoms with Crippen LogP contribution in [0.2, 0.25) is 10.0 Å². The lowest BCUT2D eigenvalue weighted by Crippen LogP contribution is -2.15. The number of halogens is 2. The van der Waals surface area contributed by atoms with E-state index < -0.39 is 0 Å². The van der Waals surface area contributed by atoms with E-state index in [1.54, 1.807) is 18.2 Å². The largest absolute Gasteiger partial charge is 0.483 e. The number of rotatable bonds is 9. The van der Waals surface area contributed by atoms with Gasteiger partial charge in [0.2, 0.25) is 5.91 Å². The molecule has 0 spiro atoms. The van der Waals surface area contributed by atoms with Crippen molar-refractivity contribution in [1.29, 1.82) is 0 Å². The van der Waals surface area contributed by atoms with Crippen LogP contribution in [0, 0.1) is 0 Å². The lowest BCUT2D eigenvalue weighted by atomic mass is 10.0. The predicted molar refractivity (Wildman–Crippen MR) is 131 cm³/mol. The first kappa shape index (κ1) is 24.4. The van der Waals surface area contributed by atoms with Crippen molar-refractivity contribution in [2.45, 2.75) is 51.4 Å². The number of hydrogen-bond acceptors (Lipinski definition) is 5. The number of carbonyl (C=O) groups is 1. The van der Waals surface area contributed by atoms with Crippen molar-refractivity contribution in [3.05, 3.63) is 63.9 Å². The van der Waals surface area contributed by atoms with Crippen molar-refractivity contribution in [2.24, 2.45) is 0 Å². The van der Waals surface area contributed by atoms with Gasteiger partial charge in [-0.25, -0.2) is 0 Å². The summed E-state index contributed by atoms with van der Waals surface area (Å²) in [7, 11) is 0. The van der Waals surface area contributed by atoms with Gasteiger partial charge in [-0.1, -0.05) is 67.0 Å². The molecule has 6 nitrogen and oxygen atoms in total. The van der Waals surface area contributed by atoms with Crippen molar-refractivity contribution in [3.8, 4) is 5.75 Å². The second kappa shape index (κ2) is 11.1. The van der Waals surface area contributed by atoms with Gasteiger partial charge in [-0.2, -0.15) is 0 Å². The highest BCUT2D eigenvalue weighted by Gasteiger charge is 2.20. The van der Waals surface area contributed by atoms with Gasteiger partial charge in [0.05, 0.1) is 21.5 Å². The Balaban J connectivity index is 1.63. The molecule has 0 fully saturated rings. The van der Waals surface area contributed by atoms with Gasteiger partial charge in [-0.15, -0.1) is 10.2 Å². The molecule has 32 heavy (non-hydrogen) atoms. The molecule has 2 aromatic carbocycles. The van der Waals surface area contributed by atoms with Crippen LogP contribution in [0.3, 0.4) is 0 Å². The van der Waals surface area contributed by atoms with Crippen LogP contribution in [0.15, 0.2) is 47.6 Å². The molecule has 1 N–H and O–H groups in total. The standard InChI is InChI=1S/C23H26Cl2N4O2S/c1-5-29-22(15(4)31-17-11-9-16(10-12-17)14(2)3)27-28-23(29)32-13-20(30)26-19-8-6-7-18(24)21(19)25/h6-12,14-15H,5,13H2,1-4H3,(H,26,30). The number of aromatic nitrogens is 3. The van der Waals surface area contributed by atoms with Crippen LogP contribution in [0.5, 0.6) is 5.75 Å². The third kappa shape index (κ3) is 5.97. The minimum atomic E-state index is -0.291. The minimum Gasteiger partial charge on any atom is -0.483 e. The Morgan fingerprint density at radius 3 is 2.50 bits per heavy atom. The van der Waals surface area contributed by atoms with Crippen molar-refractivity contribution in [3.63, 3.8) is 0 Å². The smallest absolute Gasteiger partial charge is 0.234 e. The molecule has 0 bridgehead atoms. The molecule has 0 aliphatic rings. The van der Waals surface area contributed by atoms with Crippen LogP contribution in [-0.2, 0) is 11.3 Å².